The summed E-state index contributed by atoms with van der Waals surface area (Å²) in [6.07, 6.45) is 17.7. The second-order valence-electron chi connectivity index (χ2n) is 7.50. The number of aliphatic hydroxyl groups is 1. The zero-order valence-electron chi connectivity index (χ0n) is 17.6. The Kier molecular flexibility index (Phi) is 20.1. The zero-order chi connectivity index (χ0) is 19.0. The van der Waals surface area contributed by atoms with Gasteiger partial charge in [0.25, 0.3) is 0 Å². The topological polar surface area (TPSA) is 77.4 Å². The summed E-state index contributed by atoms with van der Waals surface area (Å²) >= 11 is 0. The van der Waals surface area contributed by atoms with Crippen LogP contribution >= 0.6 is 0 Å². The Hall–Kier alpha value is 0.870. The molecule has 0 fully saturated rings. The van der Waals surface area contributed by atoms with Crippen LogP contribution in [0.3, 0.4) is 0 Å². The molecule has 1 N–H and O–H groups in total. The van der Waals surface area contributed by atoms with Crippen molar-refractivity contribution >= 4 is 10.1 Å². The molecule has 1 atom stereocenters. The summed E-state index contributed by atoms with van der Waals surface area (Å²) in [6.45, 7) is 4.03. The largest absolute Gasteiger partial charge is 1.00 e. The molecule has 1 unspecified atom stereocenters. The quantitative estimate of drug-likeness (QED) is 0.218. The summed E-state index contributed by atoms with van der Waals surface area (Å²) < 4.78 is 33.6. The Labute approximate surface area is 185 Å². The fourth-order valence-corrected chi connectivity index (χ4v) is 4.21. The first-order chi connectivity index (χ1) is 11.9. The molecule has 0 aromatic rings. The summed E-state index contributed by atoms with van der Waals surface area (Å²) in [5.74, 6) is 0. The van der Waals surface area contributed by atoms with Gasteiger partial charge in [0.05, 0.1) is 0 Å². The van der Waals surface area contributed by atoms with Gasteiger partial charge in [-0.2, -0.15) is 0 Å². The standard InChI is InChI=1S/C20H42O4S.Na/c1-3-5-6-7-8-9-10-11-12-13-14-15-16-17-19-20(21,18-4-2)25(22,23)24;/h21H,3-19H2,1-2H3,(H,22,23,24);/q;+1/p-1. The Bertz CT molecular complexity index is 401. The summed E-state index contributed by atoms with van der Waals surface area (Å²) in [5, 5.41) is 10.0. The van der Waals surface area contributed by atoms with E-state index in [1.807, 2.05) is 0 Å². The molecule has 0 aliphatic heterocycles. The van der Waals surface area contributed by atoms with Gasteiger partial charge in [0.2, 0.25) is 0 Å². The van der Waals surface area contributed by atoms with Gasteiger partial charge < -0.3 is 9.66 Å². The fourth-order valence-electron chi connectivity index (χ4n) is 3.36. The maximum atomic E-state index is 11.2. The van der Waals surface area contributed by atoms with Crippen LogP contribution in [0.15, 0.2) is 0 Å². The van der Waals surface area contributed by atoms with Gasteiger partial charge in [0.1, 0.15) is 10.1 Å². The molecule has 0 aromatic carbocycles. The molecule has 152 valence electrons. The van der Waals surface area contributed by atoms with E-state index in [1.54, 1.807) is 6.92 Å². The van der Waals surface area contributed by atoms with Gasteiger partial charge >= 0.3 is 29.6 Å². The van der Waals surface area contributed by atoms with E-state index in [0.29, 0.717) is 12.8 Å². The van der Waals surface area contributed by atoms with Crippen molar-refractivity contribution in [3.8, 4) is 0 Å². The van der Waals surface area contributed by atoms with Crippen molar-refractivity contribution in [2.45, 2.75) is 128 Å². The minimum Gasteiger partial charge on any atom is -0.746 e. The third-order valence-electron chi connectivity index (χ3n) is 5.03. The summed E-state index contributed by atoms with van der Waals surface area (Å²) in [4.78, 5) is -2.06. The molecule has 0 saturated carbocycles. The van der Waals surface area contributed by atoms with Crippen LogP contribution in [0.1, 0.15) is 123 Å². The second kappa shape index (κ2) is 17.9. The summed E-state index contributed by atoms with van der Waals surface area (Å²) in [7, 11) is -4.64. The van der Waals surface area contributed by atoms with Crippen LogP contribution < -0.4 is 29.6 Å². The predicted molar refractivity (Wildman–Crippen MR) is 104 cm³/mol. The minimum absolute atomic E-state index is 0. The second-order valence-corrected chi connectivity index (χ2v) is 9.16. The summed E-state index contributed by atoms with van der Waals surface area (Å²) in [5.41, 5.74) is 0. The molecule has 0 aliphatic carbocycles. The van der Waals surface area contributed by atoms with Crippen molar-refractivity contribution in [2.75, 3.05) is 0 Å². The van der Waals surface area contributed by atoms with Crippen molar-refractivity contribution in [3.63, 3.8) is 0 Å². The number of hydrogen-bond acceptors (Lipinski definition) is 4. The van der Waals surface area contributed by atoms with Crippen LogP contribution in [0.2, 0.25) is 0 Å². The first kappa shape index (κ1) is 29.1. The van der Waals surface area contributed by atoms with Crippen molar-refractivity contribution in [1.29, 1.82) is 0 Å². The van der Waals surface area contributed by atoms with Gasteiger partial charge in [-0.15, -0.1) is 0 Å². The normalized spacial score (nSPS) is 14.0. The molecule has 0 heterocycles. The van der Waals surface area contributed by atoms with E-state index in [1.165, 1.54) is 64.2 Å². The van der Waals surface area contributed by atoms with Crippen molar-refractivity contribution in [1.82, 2.24) is 0 Å². The van der Waals surface area contributed by atoms with Crippen molar-refractivity contribution in [2.24, 2.45) is 0 Å². The maximum absolute atomic E-state index is 11.2. The zero-order valence-corrected chi connectivity index (χ0v) is 20.4. The molecule has 0 rings (SSSR count). The Morgan fingerprint density at radius 1 is 0.654 bits per heavy atom. The van der Waals surface area contributed by atoms with Gasteiger partial charge in [-0.05, 0) is 19.3 Å². The third kappa shape index (κ3) is 14.9. The molecule has 6 heteroatoms. The average molecular weight is 401 g/mol. The average Bonchev–Trinajstić information content (AvgIpc) is 2.54. The SMILES string of the molecule is CCCCCCCCCCCCCCCCC(O)(CCC)S(=O)(=O)[O-].[Na+]. The van der Waals surface area contributed by atoms with E-state index in [9.17, 15) is 18.1 Å². The van der Waals surface area contributed by atoms with E-state index in [0.717, 1.165) is 19.3 Å². The van der Waals surface area contributed by atoms with Gasteiger partial charge in [0, 0.05) is 0 Å². The Morgan fingerprint density at radius 3 is 1.31 bits per heavy atom. The Balaban J connectivity index is 0. The number of unbranched alkanes of at least 4 members (excludes halogenated alkanes) is 13. The molecule has 4 nitrogen and oxygen atoms in total. The van der Waals surface area contributed by atoms with Crippen LogP contribution in [-0.2, 0) is 10.1 Å². The molecule has 0 radical (unpaired) electrons. The molecule has 0 aliphatic rings. The van der Waals surface area contributed by atoms with Crippen molar-refractivity contribution in [3.05, 3.63) is 0 Å². The minimum atomic E-state index is -4.64. The van der Waals surface area contributed by atoms with E-state index in [2.05, 4.69) is 6.92 Å². The summed E-state index contributed by atoms with van der Waals surface area (Å²) in [6, 6.07) is 0. The van der Waals surface area contributed by atoms with E-state index in [4.69, 9.17) is 0 Å². The molecule has 0 amide bonds. The van der Waals surface area contributed by atoms with Gasteiger partial charge in [-0.25, -0.2) is 8.42 Å². The first-order valence-corrected chi connectivity index (χ1v) is 12.0. The van der Waals surface area contributed by atoms with E-state index < -0.39 is 15.1 Å². The molecule has 0 aromatic heterocycles. The predicted octanol–water partition coefficient (Wildman–Crippen LogP) is 2.90. The molecular formula is C20H41NaO4S. The van der Waals surface area contributed by atoms with E-state index in [-0.39, 0.29) is 42.4 Å². The molecule has 0 spiro atoms. The molecule has 0 bridgehead atoms. The number of rotatable bonds is 18. The van der Waals surface area contributed by atoms with Gasteiger partial charge in [-0.1, -0.05) is 104 Å². The van der Waals surface area contributed by atoms with Crippen LogP contribution in [0.25, 0.3) is 0 Å². The molecule has 26 heavy (non-hydrogen) atoms. The van der Waals surface area contributed by atoms with Gasteiger partial charge in [-0.3, -0.25) is 0 Å². The van der Waals surface area contributed by atoms with Crippen LogP contribution in [-0.4, -0.2) is 23.0 Å². The monoisotopic (exact) mass is 400 g/mol. The smallest absolute Gasteiger partial charge is 0.746 e. The fraction of sp³-hybridized carbons (Fsp3) is 1.00. The maximum Gasteiger partial charge on any atom is 1.00 e. The van der Waals surface area contributed by atoms with Crippen molar-refractivity contribution < 1.29 is 47.6 Å². The van der Waals surface area contributed by atoms with Crippen LogP contribution in [0.5, 0.6) is 0 Å². The first-order valence-electron chi connectivity index (χ1n) is 10.5. The van der Waals surface area contributed by atoms with Gasteiger partial charge in [0.15, 0.2) is 4.93 Å². The van der Waals surface area contributed by atoms with Crippen LogP contribution in [0.4, 0.5) is 0 Å². The molecular weight excluding hydrogens is 359 g/mol. The van der Waals surface area contributed by atoms with E-state index >= 15 is 0 Å². The Morgan fingerprint density at radius 2 is 1.00 bits per heavy atom. The number of hydrogen-bond donors (Lipinski definition) is 1. The third-order valence-corrected chi connectivity index (χ3v) is 6.37. The van der Waals surface area contributed by atoms with Crippen LogP contribution in [0, 0.1) is 0 Å². The molecule has 0 saturated heterocycles.